The lowest BCUT2D eigenvalue weighted by molar-refractivity contribution is -0.0770. The number of rotatable bonds is 3. The molecular weight excluding hydrogens is 258 g/mol. The van der Waals surface area contributed by atoms with Crippen molar-refractivity contribution in [3.63, 3.8) is 0 Å². The van der Waals surface area contributed by atoms with Crippen LogP contribution in [0.4, 0.5) is 0 Å². The third kappa shape index (κ3) is 2.83. The van der Waals surface area contributed by atoms with Crippen LogP contribution < -0.4 is 10.5 Å². The molecule has 0 heterocycles. The third-order valence-corrected chi connectivity index (χ3v) is 5.69. The standard InChI is InChI=1S/C19H29NO/c1-14(2)15-8-7-9-16(12-15)21-18-13-17(20)19(18)10-5-3-4-6-11-19/h7-9,12,14,17-18H,3-6,10-11,13,20H2,1-2H3. The molecule has 0 saturated heterocycles. The molecule has 0 amide bonds. The quantitative estimate of drug-likeness (QED) is 0.879. The molecule has 2 N–H and O–H groups in total. The van der Waals surface area contributed by atoms with Crippen molar-refractivity contribution in [2.75, 3.05) is 0 Å². The molecule has 0 aliphatic heterocycles. The molecule has 21 heavy (non-hydrogen) atoms. The van der Waals surface area contributed by atoms with Crippen LogP contribution >= 0.6 is 0 Å². The van der Waals surface area contributed by atoms with Crippen LogP contribution in [0.15, 0.2) is 24.3 Å². The monoisotopic (exact) mass is 287 g/mol. The van der Waals surface area contributed by atoms with E-state index >= 15 is 0 Å². The van der Waals surface area contributed by atoms with E-state index in [4.69, 9.17) is 10.5 Å². The molecule has 1 spiro atoms. The van der Waals surface area contributed by atoms with E-state index in [1.807, 2.05) is 0 Å². The molecule has 0 bridgehead atoms. The lowest BCUT2D eigenvalue weighted by Crippen LogP contribution is -2.63. The minimum absolute atomic E-state index is 0.254. The second-order valence-electron chi connectivity index (χ2n) is 7.32. The maximum Gasteiger partial charge on any atom is 0.120 e. The van der Waals surface area contributed by atoms with E-state index in [1.54, 1.807) is 0 Å². The summed E-state index contributed by atoms with van der Waals surface area (Å²) in [6.07, 6.45) is 9.22. The van der Waals surface area contributed by atoms with Crippen LogP contribution in [0, 0.1) is 5.41 Å². The smallest absolute Gasteiger partial charge is 0.120 e. The van der Waals surface area contributed by atoms with E-state index in [9.17, 15) is 0 Å². The Balaban J connectivity index is 1.74. The van der Waals surface area contributed by atoms with E-state index < -0.39 is 0 Å². The van der Waals surface area contributed by atoms with Crippen molar-refractivity contribution < 1.29 is 4.74 Å². The fourth-order valence-corrected chi connectivity index (χ4v) is 4.13. The summed E-state index contributed by atoms with van der Waals surface area (Å²) >= 11 is 0. The highest BCUT2D eigenvalue weighted by Crippen LogP contribution is 2.51. The zero-order valence-electron chi connectivity index (χ0n) is 13.5. The van der Waals surface area contributed by atoms with Crippen molar-refractivity contribution in [2.24, 2.45) is 11.1 Å². The first-order chi connectivity index (χ1) is 10.1. The normalized spacial score (nSPS) is 28.2. The van der Waals surface area contributed by atoms with Crippen molar-refractivity contribution in [3.8, 4) is 5.75 Å². The summed E-state index contributed by atoms with van der Waals surface area (Å²) in [5.74, 6) is 1.57. The number of benzene rings is 1. The molecule has 2 unspecified atom stereocenters. The van der Waals surface area contributed by atoms with Crippen LogP contribution in [0.1, 0.15) is 70.3 Å². The molecule has 2 aliphatic carbocycles. The van der Waals surface area contributed by atoms with E-state index in [2.05, 4.69) is 38.1 Å². The van der Waals surface area contributed by atoms with Crippen LogP contribution in [0.2, 0.25) is 0 Å². The van der Waals surface area contributed by atoms with Crippen molar-refractivity contribution >= 4 is 0 Å². The van der Waals surface area contributed by atoms with Gasteiger partial charge in [-0.25, -0.2) is 0 Å². The van der Waals surface area contributed by atoms with Gasteiger partial charge in [-0.3, -0.25) is 0 Å². The Morgan fingerprint density at radius 2 is 1.86 bits per heavy atom. The molecule has 2 fully saturated rings. The second kappa shape index (κ2) is 6.00. The summed E-state index contributed by atoms with van der Waals surface area (Å²) < 4.78 is 6.38. The Morgan fingerprint density at radius 3 is 2.48 bits per heavy atom. The fourth-order valence-electron chi connectivity index (χ4n) is 4.13. The average molecular weight is 287 g/mol. The van der Waals surface area contributed by atoms with Gasteiger partial charge in [0.2, 0.25) is 0 Å². The third-order valence-electron chi connectivity index (χ3n) is 5.69. The zero-order chi connectivity index (χ0) is 14.9. The summed E-state index contributed by atoms with van der Waals surface area (Å²) in [7, 11) is 0. The number of hydrogen-bond donors (Lipinski definition) is 1. The van der Waals surface area contributed by atoms with Crippen molar-refractivity contribution in [1.82, 2.24) is 0 Å². The van der Waals surface area contributed by atoms with Crippen molar-refractivity contribution in [2.45, 2.75) is 76.9 Å². The highest BCUT2D eigenvalue weighted by Gasteiger charge is 2.54. The van der Waals surface area contributed by atoms with Crippen LogP contribution in [-0.4, -0.2) is 12.1 Å². The maximum atomic E-state index is 6.40. The zero-order valence-corrected chi connectivity index (χ0v) is 13.5. The van der Waals surface area contributed by atoms with E-state index in [0.717, 1.165) is 12.2 Å². The van der Waals surface area contributed by atoms with Gasteiger partial charge in [-0.15, -0.1) is 0 Å². The van der Waals surface area contributed by atoms with Gasteiger partial charge in [-0.05, 0) is 36.5 Å². The Kier molecular flexibility index (Phi) is 4.26. The largest absolute Gasteiger partial charge is 0.490 e. The molecule has 0 aromatic heterocycles. The molecule has 2 aliphatic rings. The number of hydrogen-bond acceptors (Lipinski definition) is 2. The first-order valence-corrected chi connectivity index (χ1v) is 8.64. The Hall–Kier alpha value is -1.02. The van der Waals surface area contributed by atoms with Gasteiger partial charge in [0.25, 0.3) is 0 Å². The number of nitrogens with two attached hydrogens (primary N) is 1. The van der Waals surface area contributed by atoms with E-state index in [1.165, 1.54) is 44.1 Å². The molecule has 2 nitrogen and oxygen atoms in total. The van der Waals surface area contributed by atoms with Gasteiger partial charge in [0.1, 0.15) is 11.9 Å². The summed E-state index contributed by atoms with van der Waals surface area (Å²) in [4.78, 5) is 0. The molecule has 3 rings (SSSR count). The summed E-state index contributed by atoms with van der Waals surface area (Å²) in [5, 5.41) is 0. The molecular formula is C19H29NO. The van der Waals surface area contributed by atoms with Gasteiger partial charge in [0.15, 0.2) is 0 Å². The Morgan fingerprint density at radius 1 is 1.14 bits per heavy atom. The summed E-state index contributed by atoms with van der Waals surface area (Å²) in [6, 6.07) is 8.95. The van der Waals surface area contributed by atoms with Gasteiger partial charge in [0.05, 0.1) is 0 Å². The van der Waals surface area contributed by atoms with Crippen molar-refractivity contribution in [3.05, 3.63) is 29.8 Å². The molecule has 2 saturated carbocycles. The van der Waals surface area contributed by atoms with Gasteiger partial charge < -0.3 is 10.5 Å². The highest BCUT2D eigenvalue weighted by molar-refractivity contribution is 5.31. The molecule has 2 heteroatoms. The Labute approximate surface area is 129 Å². The lowest BCUT2D eigenvalue weighted by atomic mass is 9.58. The number of ether oxygens (including phenoxy) is 1. The maximum absolute atomic E-state index is 6.40. The summed E-state index contributed by atoms with van der Waals surface area (Å²) in [5.41, 5.74) is 8.01. The SMILES string of the molecule is CC(C)c1cccc(OC2CC(N)C23CCCCCC3)c1. The van der Waals surface area contributed by atoms with Crippen molar-refractivity contribution in [1.29, 1.82) is 0 Å². The molecule has 116 valence electrons. The van der Waals surface area contributed by atoms with Gasteiger partial charge in [0, 0.05) is 17.9 Å². The predicted octanol–water partition coefficient (Wildman–Crippen LogP) is 4.63. The second-order valence-corrected chi connectivity index (χ2v) is 7.32. The lowest BCUT2D eigenvalue weighted by Gasteiger charge is -2.54. The molecule has 1 aromatic rings. The van der Waals surface area contributed by atoms with E-state index in [-0.39, 0.29) is 5.41 Å². The van der Waals surface area contributed by atoms with E-state index in [0.29, 0.717) is 18.1 Å². The predicted molar refractivity (Wildman–Crippen MR) is 87.7 cm³/mol. The molecule has 0 radical (unpaired) electrons. The van der Waals surface area contributed by atoms with Gasteiger partial charge >= 0.3 is 0 Å². The van der Waals surface area contributed by atoms with Gasteiger partial charge in [-0.1, -0.05) is 51.7 Å². The minimum Gasteiger partial charge on any atom is -0.490 e. The van der Waals surface area contributed by atoms with Crippen LogP contribution in [0.5, 0.6) is 5.75 Å². The average Bonchev–Trinajstić information content (AvgIpc) is 2.75. The fraction of sp³-hybridized carbons (Fsp3) is 0.684. The first-order valence-electron chi connectivity index (χ1n) is 8.64. The first kappa shape index (κ1) is 14.9. The minimum atomic E-state index is 0.254. The highest BCUT2D eigenvalue weighted by atomic mass is 16.5. The molecule has 1 aromatic carbocycles. The summed E-state index contributed by atoms with van der Waals surface area (Å²) in [6.45, 7) is 4.45. The van der Waals surface area contributed by atoms with Crippen LogP contribution in [0.3, 0.4) is 0 Å². The molecule has 2 atom stereocenters. The Bertz CT molecular complexity index is 474. The van der Waals surface area contributed by atoms with Crippen LogP contribution in [0.25, 0.3) is 0 Å². The van der Waals surface area contributed by atoms with Gasteiger partial charge in [-0.2, -0.15) is 0 Å². The topological polar surface area (TPSA) is 35.2 Å². The van der Waals surface area contributed by atoms with Crippen LogP contribution in [-0.2, 0) is 0 Å².